The monoisotopic (exact) mass is 333 g/mol. The average molecular weight is 333 g/mol. The number of benzene rings is 1. The van der Waals surface area contributed by atoms with Gasteiger partial charge in [-0.15, -0.1) is 10.2 Å². The molecule has 0 fully saturated rings. The highest BCUT2D eigenvalue weighted by atomic mass is 32.1. The van der Waals surface area contributed by atoms with Crippen molar-refractivity contribution < 1.29 is 4.79 Å². The summed E-state index contributed by atoms with van der Waals surface area (Å²) in [6, 6.07) is 7.69. The van der Waals surface area contributed by atoms with Gasteiger partial charge in [-0.3, -0.25) is 9.69 Å². The summed E-state index contributed by atoms with van der Waals surface area (Å²) in [5.41, 5.74) is 7.70. The fraction of sp³-hybridized carbons (Fsp3) is 0.438. The summed E-state index contributed by atoms with van der Waals surface area (Å²) in [7, 11) is 3.83. The van der Waals surface area contributed by atoms with Crippen LogP contribution < -0.4 is 11.1 Å². The molecule has 2 aromatic rings. The molecule has 3 N–H and O–H groups in total. The summed E-state index contributed by atoms with van der Waals surface area (Å²) in [5, 5.41) is 12.2. The van der Waals surface area contributed by atoms with Crippen molar-refractivity contribution in [2.45, 2.75) is 25.8 Å². The normalized spacial score (nSPS) is 12.3. The highest BCUT2D eigenvalue weighted by Gasteiger charge is 2.23. The number of aryl methyl sites for hydroxylation is 2. The van der Waals surface area contributed by atoms with Crippen LogP contribution in [0.25, 0.3) is 0 Å². The van der Waals surface area contributed by atoms with Crippen molar-refractivity contribution >= 4 is 22.4 Å². The number of nitrogens with one attached hydrogen (secondary N) is 1. The van der Waals surface area contributed by atoms with Crippen LogP contribution >= 0.6 is 11.3 Å². The minimum atomic E-state index is -0.284. The van der Waals surface area contributed by atoms with Crippen LogP contribution in [0.5, 0.6) is 0 Å². The zero-order valence-electron chi connectivity index (χ0n) is 13.7. The van der Waals surface area contributed by atoms with Crippen LogP contribution in [0, 0.1) is 6.92 Å². The van der Waals surface area contributed by atoms with Gasteiger partial charge in [0.25, 0.3) is 0 Å². The number of nitrogens with zero attached hydrogens (tertiary/aromatic N) is 3. The molecule has 1 aromatic carbocycles. The molecule has 1 amide bonds. The molecule has 1 aromatic heterocycles. The van der Waals surface area contributed by atoms with E-state index in [1.165, 1.54) is 11.3 Å². The van der Waals surface area contributed by atoms with Gasteiger partial charge < -0.3 is 11.1 Å². The third-order valence-corrected chi connectivity index (χ3v) is 4.41. The molecule has 7 heteroatoms. The predicted octanol–water partition coefficient (Wildman–Crippen LogP) is 1.78. The van der Waals surface area contributed by atoms with Gasteiger partial charge in [-0.1, -0.05) is 35.6 Å². The Kier molecular flexibility index (Phi) is 6.06. The fourth-order valence-electron chi connectivity index (χ4n) is 2.46. The largest absolute Gasteiger partial charge is 0.374 e. The summed E-state index contributed by atoms with van der Waals surface area (Å²) in [6.45, 7) is 2.63. The van der Waals surface area contributed by atoms with Gasteiger partial charge in [-0.2, -0.15) is 0 Å². The number of amides is 1. The number of anilines is 1. The molecule has 1 atom stereocenters. The van der Waals surface area contributed by atoms with Crippen LogP contribution in [0.1, 0.15) is 28.6 Å². The Morgan fingerprint density at radius 1 is 1.35 bits per heavy atom. The third-order valence-electron chi connectivity index (χ3n) is 3.60. The number of likely N-dealkylation sites (N-methyl/N-ethyl adjacent to an activating group) is 1. The Morgan fingerprint density at radius 2 is 2.09 bits per heavy atom. The first-order chi connectivity index (χ1) is 11.0. The molecule has 0 spiro atoms. The molecule has 2 rings (SSSR count). The predicted molar refractivity (Wildman–Crippen MR) is 93.3 cm³/mol. The second-order valence-electron chi connectivity index (χ2n) is 5.65. The van der Waals surface area contributed by atoms with E-state index < -0.39 is 0 Å². The van der Waals surface area contributed by atoms with Crippen LogP contribution in [-0.2, 0) is 11.2 Å². The standard InChI is InChI=1S/C16H23N5OS/c1-11-7-4-5-8-12(11)14(21(2)3)15(22)18-10-6-9-13-19-20-16(17)23-13/h4-5,7-8,14H,6,9-10H2,1-3H3,(H2,17,20)(H,18,22)/t14-/m0/s1. The SMILES string of the molecule is Cc1ccccc1[C@@H](C(=O)NCCCc1nnc(N)s1)N(C)C. The lowest BCUT2D eigenvalue weighted by molar-refractivity contribution is -0.125. The Labute approximate surface area is 140 Å². The van der Waals surface area contributed by atoms with Crippen molar-refractivity contribution in [1.29, 1.82) is 0 Å². The Hall–Kier alpha value is -1.99. The van der Waals surface area contributed by atoms with Crippen molar-refractivity contribution in [3.8, 4) is 0 Å². The number of aromatic nitrogens is 2. The van der Waals surface area contributed by atoms with E-state index in [1.807, 2.05) is 50.2 Å². The van der Waals surface area contributed by atoms with E-state index >= 15 is 0 Å². The molecule has 0 saturated carbocycles. The first-order valence-electron chi connectivity index (χ1n) is 7.56. The molecule has 23 heavy (non-hydrogen) atoms. The fourth-order valence-corrected chi connectivity index (χ4v) is 3.11. The van der Waals surface area contributed by atoms with Gasteiger partial charge in [-0.05, 0) is 38.6 Å². The first kappa shape index (κ1) is 17.4. The Morgan fingerprint density at radius 3 is 2.70 bits per heavy atom. The smallest absolute Gasteiger partial charge is 0.241 e. The van der Waals surface area contributed by atoms with Gasteiger partial charge >= 0.3 is 0 Å². The summed E-state index contributed by atoms with van der Waals surface area (Å²) in [4.78, 5) is 14.5. The highest BCUT2D eigenvalue weighted by Crippen LogP contribution is 2.22. The third kappa shape index (κ3) is 4.74. The van der Waals surface area contributed by atoms with Crippen LogP contribution in [0.15, 0.2) is 24.3 Å². The minimum absolute atomic E-state index is 0.0149. The molecule has 0 saturated heterocycles. The van der Waals surface area contributed by atoms with Gasteiger partial charge in [0, 0.05) is 13.0 Å². The van der Waals surface area contributed by atoms with E-state index in [4.69, 9.17) is 5.73 Å². The number of rotatable bonds is 7. The van der Waals surface area contributed by atoms with Crippen molar-refractivity contribution in [3.63, 3.8) is 0 Å². The summed E-state index contributed by atoms with van der Waals surface area (Å²) in [5.74, 6) is 0.0149. The van der Waals surface area contributed by atoms with Gasteiger partial charge in [-0.25, -0.2) is 0 Å². The van der Waals surface area contributed by atoms with Crippen LogP contribution in [0.3, 0.4) is 0 Å². The molecular formula is C16H23N5OS. The average Bonchev–Trinajstić information content (AvgIpc) is 2.91. The van der Waals surface area contributed by atoms with Gasteiger partial charge in [0.1, 0.15) is 11.0 Å². The molecule has 0 aliphatic rings. The maximum Gasteiger partial charge on any atom is 0.241 e. The lowest BCUT2D eigenvalue weighted by atomic mass is 10.00. The summed E-state index contributed by atoms with van der Waals surface area (Å²) < 4.78 is 0. The number of hydrogen-bond acceptors (Lipinski definition) is 6. The lowest BCUT2D eigenvalue weighted by Crippen LogP contribution is -2.37. The van der Waals surface area contributed by atoms with Crippen LogP contribution in [0.2, 0.25) is 0 Å². The molecular weight excluding hydrogens is 310 g/mol. The molecule has 0 bridgehead atoms. The molecule has 0 aliphatic heterocycles. The Bertz CT molecular complexity index is 655. The van der Waals surface area contributed by atoms with Gasteiger partial charge in [0.2, 0.25) is 11.0 Å². The number of hydrogen-bond donors (Lipinski definition) is 2. The Balaban J connectivity index is 1.90. The number of carbonyl (C=O) groups is 1. The molecule has 0 aliphatic carbocycles. The second-order valence-corrected chi connectivity index (χ2v) is 6.75. The quantitative estimate of drug-likeness (QED) is 0.755. The van der Waals surface area contributed by atoms with Gasteiger partial charge in [0.15, 0.2) is 0 Å². The van der Waals surface area contributed by atoms with Crippen molar-refractivity contribution in [2.24, 2.45) is 0 Å². The molecule has 124 valence electrons. The zero-order valence-corrected chi connectivity index (χ0v) is 14.6. The number of nitrogens with two attached hydrogens (primary N) is 1. The van der Waals surface area contributed by atoms with E-state index in [9.17, 15) is 4.79 Å². The van der Waals surface area contributed by atoms with Crippen LogP contribution in [0.4, 0.5) is 5.13 Å². The van der Waals surface area contributed by atoms with E-state index in [1.54, 1.807) is 0 Å². The van der Waals surface area contributed by atoms with E-state index in [0.29, 0.717) is 11.7 Å². The van der Waals surface area contributed by atoms with Gasteiger partial charge in [0.05, 0.1) is 0 Å². The van der Waals surface area contributed by atoms with Crippen LogP contribution in [-0.4, -0.2) is 41.6 Å². The molecule has 0 unspecified atom stereocenters. The second kappa shape index (κ2) is 8.03. The van der Waals surface area contributed by atoms with E-state index in [-0.39, 0.29) is 11.9 Å². The number of carbonyl (C=O) groups excluding carboxylic acids is 1. The van der Waals surface area contributed by atoms with E-state index in [0.717, 1.165) is 29.0 Å². The van der Waals surface area contributed by atoms with E-state index in [2.05, 4.69) is 15.5 Å². The maximum absolute atomic E-state index is 12.6. The minimum Gasteiger partial charge on any atom is -0.374 e. The lowest BCUT2D eigenvalue weighted by Gasteiger charge is -2.25. The first-order valence-corrected chi connectivity index (χ1v) is 8.38. The zero-order chi connectivity index (χ0) is 16.8. The highest BCUT2D eigenvalue weighted by molar-refractivity contribution is 7.15. The molecule has 1 heterocycles. The number of nitrogen functional groups attached to an aromatic ring is 1. The topological polar surface area (TPSA) is 84.1 Å². The summed E-state index contributed by atoms with van der Waals surface area (Å²) in [6.07, 6.45) is 1.58. The molecule has 0 radical (unpaired) electrons. The van der Waals surface area contributed by atoms with Crippen molar-refractivity contribution in [2.75, 3.05) is 26.4 Å². The molecule has 6 nitrogen and oxygen atoms in total. The maximum atomic E-state index is 12.6. The van der Waals surface area contributed by atoms with Crippen molar-refractivity contribution in [3.05, 3.63) is 40.4 Å². The summed E-state index contributed by atoms with van der Waals surface area (Å²) >= 11 is 1.39. The van der Waals surface area contributed by atoms with Crippen molar-refractivity contribution in [1.82, 2.24) is 20.4 Å².